The number of nitrogens with zero attached hydrogens (tertiary/aromatic N) is 4. The quantitative estimate of drug-likeness (QED) is 0.370. The van der Waals surface area contributed by atoms with Crippen molar-refractivity contribution < 1.29 is 14.2 Å². The average molecular weight is 390 g/mol. The highest BCUT2D eigenvalue weighted by Gasteiger charge is 2.33. The Morgan fingerprint density at radius 2 is 1.93 bits per heavy atom. The van der Waals surface area contributed by atoms with Crippen molar-refractivity contribution in [2.45, 2.75) is 18.9 Å². The number of hydrogen-bond acceptors (Lipinski definition) is 6. The van der Waals surface area contributed by atoms with Crippen molar-refractivity contribution in [3.05, 3.63) is 82.2 Å². The minimum absolute atomic E-state index is 0.0127. The maximum absolute atomic E-state index is 12.7. The van der Waals surface area contributed by atoms with Crippen LogP contribution in [0.1, 0.15) is 30.3 Å². The zero-order valence-corrected chi connectivity index (χ0v) is 15.5. The van der Waals surface area contributed by atoms with Gasteiger partial charge >= 0.3 is 0 Å². The van der Waals surface area contributed by atoms with E-state index in [-0.39, 0.29) is 17.6 Å². The molecule has 1 atom stereocenters. The van der Waals surface area contributed by atoms with Gasteiger partial charge in [-0.1, -0.05) is 35.5 Å². The molecule has 0 saturated carbocycles. The summed E-state index contributed by atoms with van der Waals surface area (Å²) in [7, 11) is 0. The van der Waals surface area contributed by atoms with Crippen LogP contribution in [-0.2, 0) is 4.79 Å². The first kappa shape index (κ1) is 18.5. The van der Waals surface area contributed by atoms with Crippen LogP contribution in [0.5, 0.6) is 0 Å². The normalized spacial score (nSPS) is 16.4. The number of non-ortho nitro benzene ring substituents is 1. The Labute approximate surface area is 166 Å². The van der Waals surface area contributed by atoms with E-state index in [9.17, 15) is 14.9 Å². The summed E-state index contributed by atoms with van der Waals surface area (Å²) in [5.74, 6) is 0.769. The summed E-state index contributed by atoms with van der Waals surface area (Å²) in [5.41, 5.74) is 1.58. The van der Waals surface area contributed by atoms with E-state index in [4.69, 9.17) is 4.52 Å². The molecule has 1 fully saturated rings. The van der Waals surface area contributed by atoms with Crippen molar-refractivity contribution in [1.82, 2.24) is 15.0 Å². The van der Waals surface area contributed by atoms with Crippen molar-refractivity contribution >= 4 is 17.7 Å². The molecule has 2 heterocycles. The maximum atomic E-state index is 12.7. The van der Waals surface area contributed by atoms with Gasteiger partial charge in [-0.05, 0) is 36.6 Å². The number of rotatable bonds is 5. The molecule has 0 bridgehead atoms. The van der Waals surface area contributed by atoms with Gasteiger partial charge in [0.05, 0.1) is 4.92 Å². The Hall–Kier alpha value is -3.81. The molecule has 0 spiro atoms. The Morgan fingerprint density at radius 1 is 1.17 bits per heavy atom. The fourth-order valence-corrected chi connectivity index (χ4v) is 3.33. The summed E-state index contributed by atoms with van der Waals surface area (Å²) in [4.78, 5) is 29.2. The van der Waals surface area contributed by atoms with E-state index in [1.54, 1.807) is 23.1 Å². The molecule has 0 radical (unpaired) electrons. The Kier molecular flexibility index (Phi) is 5.15. The summed E-state index contributed by atoms with van der Waals surface area (Å²) >= 11 is 0. The molecule has 29 heavy (non-hydrogen) atoms. The number of carbonyl (C=O) groups excluding carboxylic acids is 1. The SMILES string of the molecule is O=C(C=Cc1ccc([N+](=O)[O-])cc1)N1CCCC1c1nc(-c2ccccc2)no1. The number of carbonyl (C=O) groups is 1. The molecular weight excluding hydrogens is 372 g/mol. The topological polar surface area (TPSA) is 102 Å². The van der Waals surface area contributed by atoms with Gasteiger partial charge in [-0.25, -0.2) is 0 Å². The molecule has 3 aromatic rings. The maximum Gasteiger partial charge on any atom is 0.269 e. The summed E-state index contributed by atoms with van der Waals surface area (Å²) in [5, 5.41) is 14.8. The molecule has 4 rings (SSSR count). The van der Waals surface area contributed by atoms with E-state index >= 15 is 0 Å². The second kappa shape index (κ2) is 8.05. The average Bonchev–Trinajstić information content (AvgIpc) is 3.42. The summed E-state index contributed by atoms with van der Waals surface area (Å²) in [6.07, 6.45) is 4.72. The van der Waals surface area contributed by atoms with E-state index in [1.165, 1.54) is 18.2 Å². The molecule has 0 aliphatic carbocycles. The number of aromatic nitrogens is 2. The molecule has 1 unspecified atom stereocenters. The van der Waals surface area contributed by atoms with E-state index in [1.807, 2.05) is 30.3 Å². The van der Waals surface area contributed by atoms with Gasteiger partial charge in [-0.3, -0.25) is 14.9 Å². The summed E-state index contributed by atoms with van der Waals surface area (Å²) in [6.45, 7) is 0.608. The second-order valence-corrected chi connectivity index (χ2v) is 6.69. The first-order valence-electron chi connectivity index (χ1n) is 9.24. The van der Waals surface area contributed by atoms with Gasteiger partial charge < -0.3 is 9.42 Å². The van der Waals surface area contributed by atoms with Gasteiger partial charge in [0.25, 0.3) is 5.69 Å². The molecule has 8 heteroatoms. The monoisotopic (exact) mass is 390 g/mol. The van der Waals surface area contributed by atoms with Gasteiger partial charge in [0, 0.05) is 30.3 Å². The summed E-state index contributed by atoms with van der Waals surface area (Å²) in [6, 6.07) is 15.3. The first-order valence-corrected chi connectivity index (χ1v) is 9.24. The molecular formula is C21H18N4O4. The predicted molar refractivity (Wildman–Crippen MR) is 106 cm³/mol. The van der Waals surface area contributed by atoms with Crippen LogP contribution < -0.4 is 0 Å². The number of nitro groups is 1. The van der Waals surface area contributed by atoms with Gasteiger partial charge in [0.1, 0.15) is 6.04 Å². The van der Waals surface area contributed by atoms with Crippen molar-refractivity contribution in [2.24, 2.45) is 0 Å². The van der Waals surface area contributed by atoms with Crippen LogP contribution in [0.2, 0.25) is 0 Å². The van der Waals surface area contributed by atoms with E-state index < -0.39 is 4.92 Å². The highest BCUT2D eigenvalue weighted by Crippen LogP contribution is 2.32. The van der Waals surface area contributed by atoms with E-state index in [0.717, 1.165) is 18.4 Å². The number of hydrogen-bond donors (Lipinski definition) is 0. The molecule has 1 saturated heterocycles. The zero-order valence-electron chi connectivity index (χ0n) is 15.5. The summed E-state index contributed by atoms with van der Waals surface area (Å²) < 4.78 is 5.44. The van der Waals surface area contributed by atoms with Gasteiger partial charge in [0.2, 0.25) is 17.6 Å². The fourth-order valence-electron chi connectivity index (χ4n) is 3.33. The highest BCUT2D eigenvalue weighted by atomic mass is 16.6. The molecule has 1 aromatic heterocycles. The minimum Gasteiger partial charge on any atom is -0.337 e. The van der Waals surface area contributed by atoms with Gasteiger partial charge in [-0.2, -0.15) is 4.98 Å². The van der Waals surface area contributed by atoms with Crippen molar-refractivity contribution in [3.8, 4) is 11.4 Å². The molecule has 1 amide bonds. The number of nitro benzene ring substituents is 1. The lowest BCUT2D eigenvalue weighted by molar-refractivity contribution is -0.384. The molecule has 2 aromatic carbocycles. The minimum atomic E-state index is -0.457. The highest BCUT2D eigenvalue weighted by molar-refractivity contribution is 5.92. The van der Waals surface area contributed by atoms with Crippen LogP contribution >= 0.6 is 0 Å². The van der Waals surface area contributed by atoms with Crippen molar-refractivity contribution in [2.75, 3.05) is 6.54 Å². The van der Waals surface area contributed by atoms with Crippen LogP contribution in [0.15, 0.2) is 65.2 Å². The lowest BCUT2D eigenvalue weighted by Gasteiger charge is -2.20. The third-order valence-electron chi connectivity index (χ3n) is 4.82. The lowest BCUT2D eigenvalue weighted by Crippen LogP contribution is -2.29. The Morgan fingerprint density at radius 3 is 2.66 bits per heavy atom. The van der Waals surface area contributed by atoms with Gasteiger partial charge in [0.15, 0.2) is 0 Å². The number of amides is 1. The molecule has 8 nitrogen and oxygen atoms in total. The molecule has 1 aliphatic rings. The van der Waals surface area contributed by atoms with Crippen LogP contribution in [0.25, 0.3) is 17.5 Å². The van der Waals surface area contributed by atoms with Crippen LogP contribution in [0.3, 0.4) is 0 Å². The number of benzene rings is 2. The molecule has 0 N–H and O–H groups in total. The van der Waals surface area contributed by atoms with Crippen molar-refractivity contribution in [3.63, 3.8) is 0 Å². The fraction of sp³-hybridized carbons (Fsp3) is 0.190. The first-order chi connectivity index (χ1) is 14.1. The Bertz CT molecular complexity index is 1040. The third-order valence-corrected chi connectivity index (χ3v) is 4.82. The second-order valence-electron chi connectivity index (χ2n) is 6.69. The predicted octanol–water partition coefficient (Wildman–Crippen LogP) is 4.02. The molecule has 146 valence electrons. The smallest absolute Gasteiger partial charge is 0.269 e. The lowest BCUT2D eigenvalue weighted by atomic mass is 10.2. The van der Waals surface area contributed by atoms with Crippen molar-refractivity contribution in [1.29, 1.82) is 0 Å². The zero-order chi connectivity index (χ0) is 20.2. The Balaban J connectivity index is 1.47. The largest absolute Gasteiger partial charge is 0.337 e. The van der Waals surface area contributed by atoms with E-state index in [0.29, 0.717) is 23.8 Å². The van der Waals surface area contributed by atoms with Crippen LogP contribution in [0.4, 0.5) is 5.69 Å². The van der Waals surface area contributed by atoms with Crippen LogP contribution in [-0.4, -0.2) is 32.4 Å². The van der Waals surface area contributed by atoms with Gasteiger partial charge in [-0.15, -0.1) is 0 Å². The van der Waals surface area contributed by atoms with Crippen LogP contribution in [0, 0.1) is 10.1 Å². The third kappa shape index (κ3) is 4.06. The van der Waals surface area contributed by atoms with E-state index in [2.05, 4.69) is 10.1 Å². The standard InChI is InChI=1S/C21H18N4O4/c26-19(13-10-15-8-11-17(12-9-15)25(27)28)24-14-4-7-18(24)21-22-20(23-29-21)16-5-2-1-3-6-16/h1-3,5-6,8-13,18H,4,7,14H2. The number of likely N-dealkylation sites (tertiary alicyclic amines) is 1. The molecule has 1 aliphatic heterocycles.